The molecule has 10 fully saturated rings. The van der Waals surface area contributed by atoms with Gasteiger partial charge in [0.2, 0.25) is 0 Å². The van der Waals surface area contributed by atoms with Crippen LogP contribution in [-0.2, 0) is 34.6 Å². The Balaban J connectivity index is 1.03. The number of para-hydroxylation sites is 2. The zero-order valence-corrected chi connectivity index (χ0v) is 30.7. The van der Waals surface area contributed by atoms with E-state index in [9.17, 15) is 4.79 Å². The summed E-state index contributed by atoms with van der Waals surface area (Å²) in [6.45, 7) is 5.58. The fourth-order valence-electron chi connectivity index (χ4n) is 17.3. The first-order chi connectivity index (χ1) is 25.9. The number of fused-ring (bicyclic) bond motifs is 2. The molecule has 0 unspecified atom stereocenters. The lowest BCUT2D eigenvalue weighted by Gasteiger charge is -2.77. The van der Waals surface area contributed by atoms with Gasteiger partial charge in [-0.2, -0.15) is 0 Å². The van der Waals surface area contributed by atoms with E-state index in [1.54, 1.807) is 7.11 Å². The van der Waals surface area contributed by atoms with Crippen molar-refractivity contribution < 1.29 is 28.5 Å². The molecule has 11 aliphatic heterocycles. The third kappa shape index (κ3) is 2.77. The molecule has 10 nitrogen and oxygen atoms in total. The average Bonchev–Trinajstić information content (AvgIpc) is 4.04. The molecule has 53 heavy (non-hydrogen) atoms. The van der Waals surface area contributed by atoms with Gasteiger partial charge in [0.1, 0.15) is 12.0 Å². The molecule has 1 saturated carbocycles. The van der Waals surface area contributed by atoms with E-state index in [1.165, 1.54) is 16.8 Å². The number of piperidine rings is 3. The number of methoxy groups -OCH3 is 2. The lowest BCUT2D eigenvalue weighted by atomic mass is 9.41. The van der Waals surface area contributed by atoms with Gasteiger partial charge in [-0.1, -0.05) is 30.3 Å². The van der Waals surface area contributed by atoms with Gasteiger partial charge in [-0.3, -0.25) is 9.80 Å². The Kier molecular flexibility index (Phi) is 5.17. The van der Waals surface area contributed by atoms with Crippen LogP contribution < -0.4 is 15.0 Å². The summed E-state index contributed by atoms with van der Waals surface area (Å²) in [5.41, 5.74) is 5.61. The van der Waals surface area contributed by atoms with Crippen molar-refractivity contribution in [1.82, 2.24) is 9.80 Å². The number of benzene rings is 2. The van der Waals surface area contributed by atoms with E-state index < -0.39 is 5.72 Å². The Morgan fingerprint density at radius 3 is 2.64 bits per heavy atom. The summed E-state index contributed by atoms with van der Waals surface area (Å²) < 4.78 is 34.4. The summed E-state index contributed by atoms with van der Waals surface area (Å²) in [5, 5.41) is 3.83. The molecule has 9 saturated heterocycles. The third-order valence-corrected chi connectivity index (χ3v) is 18.1. The maximum atomic E-state index is 14.0. The maximum Gasteiger partial charge on any atom is 0.335 e. The van der Waals surface area contributed by atoms with Crippen LogP contribution in [0.15, 0.2) is 53.7 Å². The van der Waals surface area contributed by atoms with Crippen LogP contribution in [0.5, 0.6) is 5.75 Å². The molecule has 276 valence electrons. The van der Waals surface area contributed by atoms with Crippen molar-refractivity contribution >= 4 is 17.3 Å². The van der Waals surface area contributed by atoms with E-state index in [4.69, 9.17) is 23.7 Å². The molecule has 2 aliphatic carbocycles. The maximum absolute atomic E-state index is 14.0. The number of rotatable bonds is 2. The van der Waals surface area contributed by atoms with Gasteiger partial charge in [-0.15, -0.1) is 0 Å². The summed E-state index contributed by atoms with van der Waals surface area (Å²) >= 11 is 0. The molecule has 2 aromatic carbocycles. The van der Waals surface area contributed by atoms with E-state index in [-0.39, 0.29) is 51.4 Å². The fourth-order valence-corrected chi connectivity index (χ4v) is 17.3. The van der Waals surface area contributed by atoms with Crippen molar-refractivity contribution in [2.45, 2.75) is 98.4 Å². The number of nitrogens with zero attached hydrogens (tertiary/aromatic N) is 3. The van der Waals surface area contributed by atoms with Crippen LogP contribution in [-0.4, -0.2) is 106 Å². The number of carbonyl (C=O) groups excluding carboxylic acids is 1. The van der Waals surface area contributed by atoms with Gasteiger partial charge in [0, 0.05) is 73.1 Å². The molecule has 6 spiro atoms. The van der Waals surface area contributed by atoms with Crippen LogP contribution in [0.4, 0.5) is 11.4 Å². The largest absolute Gasteiger partial charge is 0.495 e. The molecule has 2 bridgehead atoms. The predicted octanol–water partition coefficient (Wildman–Crippen LogP) is 4.53. The first kappa shape index (κ1) is 30.1. The molecule has 10 heteroatoms. The Morgan fingerprint density at radius 1 is 0.887 bits per heavy atom. The second-order valence-corrected chi connectivity index (χ2v) is 19.0. The van der Waals surface area contributed by atoms with Crippen LogP contribution in [0.25, 0.3) is 0 Å². The van der Waals surface area contributed by atoms with Gasteiger partial charge in [0.05, 0.1) is 53.9 Å². The summed E-state index contributed by atoms with van der Waals surface area (Å²) in [6.07, 6.45) is 8.27. The number of anilines is 2. The number of hydrogen-bond acceptors (Lipinski definition) is 10. The van der Waals surface area contributed by atoms with Gasteiger partial charge in [-0.05, 0) is 81.2 Å². The monoisotopic (exact) mass is 716 g/mol. The van der Waals surface area contributed by atoms with E-state index in [2.05, 4.69) is 62.5 Å². The fraction of sp³-hybridized carbons (Fsp3) is 0.651. The van der Waals surface area contributed by atoms with Crippen molar-refractivity contribution in [2.75, 3.05) is 63.8 Å². The molecule has 0 radical (unpaired) electrons. The second kappa shape index (κ2) is 9.10. The minimum Gasteiger partial charge on any atom is -0.495 e. The van der Waals surface area contributed by atoms with Crippen molar-refractivity contribution in [3.63, 3.8) is 0 Å². The molecule has 12 atom stereocenters. The summed E-state index contributed by atoms with van der Waals surface area (Å²) in [5.74, 6) is 1.08. The number of ether oxygens (including phenoxy) is 5. The Labute approximate surface area is 310 Å². The number of carbonyl (C=O) groups is 1. The van der Waals surface area contributed by atoms with Gasteiger partial charge in [0.25, 0.3) is 0 Å². The van der Waals surface area contributed by atoms with Crippen molar-refractivity contribution in [3.8, 4) is 5.75 Å². The van der Waals surface area contributed by atoms with Gasteiger partial charge in [-0.25, -0.2) is 4.79 Å². The number of nitrogens with one attached hydrogen (secondary N) is 1. The molecular weight excluding hydrogens is 668 g/mol. The highest BCUT2D eigenvalue weighted by atomic mass is 16.6. The second-order valence-electron chi connectivity index (χ2n) is 19.0. The molecule has 2 aromatic rings. The molecule has 0 aromatic heterocycles. The quantitative estimate of drug-likeness (QED) is 0.448. The highest BCUT2D eigenvalue weighted by molar-refractivity contribution is 5.93. The van der Waals surface area contributed by atoms with E-state index in [0.29, 0.717) is 31.1 Å². The standard InChI is InChI=1S/C43H48N4O6/c1-49-29-9-5-7-27-31(29)47-23-40-21-24-20-38-13-18-51-30(38)10-15-45-16-12-42(27,35(38)45)43(24,47)53-37(40)46-17-11-41-26-6-3-4-8-28(26)44-32(41)25(33(48)50-2)22-39(34(41)46)14-19-52-36(39)40/h3-9,24,30,34-37,44H,10-23H2,1-2H3/t24-,30-,34-,35-,36+,37+,38+,39-,40+,41-,42+,43-/m0/s1. The molecule has 0 amide bonds. The summed E-state index contributed by atoms with van der Waals surface area (Å²) in [7, 11) is 3.39. The molecule has 1 N–H and O–H groups in total. The zero-order valence-electron chi connectivity index (χ0n) is 30.7. The van der Waals surface area contributed by atoms with Crippen LogP contribution in [0, 0.1) is 22.2 Å². The van der Waals surface area contributed by atoms with Crippen LogP contribution >= 0.6 is 0 Å². The Hall–Kier alpha value is -3.15. The topological polar surface area (TPSA) is 85.0 Å². The van der Waals surface area contributed by atoms with Gasteiger partial charge >= 0.3 is 5.97 Å². The van der Waals surface area contributed by atoms with E-state index in [1.807, 2.05) is 7.11 Å². The normalized spacial score (nSPS) is 49.6. The molecular formula is C43H48N4O6. The van der Waals surface area contributed by atoms with E-state index >= 15 is 0 Å². The summed E-state index contributed by atoms with van der Waals surface area (Å²) in [6, 6.07) is 16.2. The van der Waals surface area contributed by atoms with Crippen molar-refractivity contribution in [2.24, 2.45) is 22.2 Å². The highest BCUT2D eigenvalue weighted by Crippen LogP contribution is 2.81. The van der Waals surface area contributed by atoms with Crippen LogP contribution in [0.1, 0.15) is 62.5 Å². The van der Waals surface area contributed by atoms with Gasteiger partial charge < -0.3 is 33.9 Å². The average molecular weight is 717 g/mol. The highest BCUT2D eigenvalue weighted by Gasteiger charge is 2.88. The minimum atomic E-state index is -0.476. The third-order valence-electron chi connectivity index (χ3n) is 18.1. The van der Waals surface area contributed by atoms with Crippen LogP contribution in [0.3, 0.4) is 0 Å². The first-order valence-electron chi connectivity index (χ1n) is 20.5. The van der Waals surface area contributed by atoms with Gasteiger partial charge in [0.15, 0.2) is 5.72 Å². The summed E-state index contributed by atoms with van der Waals surface area (Å²) in [4.78, 5) is 22.5. The number of hydrogen-bond donors (Lipinski definition) is 1. The molecule has 15 rings (SSSR count). The van der Waals surface area contributed by atoms with Crippen molar-refractivity contribution in [3.05, 3.63) is 64.9 Å². The minimum absolute atomic E-state index is 0.0597. The van der Waals surface area contributed by atoms with E-state index in [0.717, 1.165) is 100 Å². The Bertz CT molecular complexity index is 2110. The predicted molar refractivity (Wildman–Crippen MR) is 193 cm³/mol. The van der Waals surface area contributed by atoms with Crippen molar-refractivity contribution in [1.29, 1.82) is 0 Å². The zero-order chi connectivity index (χ0) is 34.9. The smallest absolute Gasteiger partial charge is 0.335 e. The van der Waals surface area contributed by atoms with Crippen LogP contribution in [0.2, 0.25) is 0 Å². The lowest BCUT2D eigenvalue weighted by Crippen LogP contribution is -2.88. The lowest BCUT2D eigenvalue weighted by molar-refractivity contribution is -0.378. The number of esters is 1. The molecule has 11 heterocycles. The SMILES string of the molecule is COC(=O)C1=C2Nc3ccccc3[C@@]23CCN2[C@@H]4O[C@]56[C@@H]7C[C@@]4(CN5c4c(OC)cccc4[C@@]64CCN5CC[C@@H]6OCC[C@]6(C7)[C@H]54)[C@@H]4OCC[C@]4(C1)[C@H]23. The Morgan fingerprint density at radius 2 is 1.74 bits per heavy atom. The molecule has 13 aliphatic rings. The first-order valence-corrected chi connectivity index (χ1v) is 20.5.